The average Bonchev–Trinajstić information content (AvgIpc) is 3.13. The lowest BCUT2D eigenvalue weighted by molar-refractivity contribution is 0.0692. The van der Waals surface area contributed by atoms with E-state index in [1.54, 1.807) is 13.8 Å². The first kappa shape index (κ1) is 15.7. The number of rotatable bonds is 2. The first-order valence-corrected chi connectivity index (χ1v) is 8.47. The largest absolute Gasteiger partial charge is 0.361 e. The van der Waals surface area contributed by atoms with Crippen LogP contribution in [0, 0.1) is 13.8 Å². The number of benzene rings is 1. The van der Waals surface area contributed by atoms with E-state index in [1.807, 2.05) is 33.7 Å². The monoisotopic (exact) mass is 340 g/mol. The van der Waals surface area contributed by atoms with E-state index < -0.39 is 0 Å². The van der Waals surface area contributed by atoms with Crippen LogP contribution in [0.15, 0.2) is 33.6 Å². The van der Waals surface area contributed by atoms with Gasteiger partial charge in [-0.15, -0.1) is 0 Å². The quantitative estimate of drug-likeness (QED) is 0.776. The number of aryl methyl sites for hydroxylation is 2. The fourth-order valence-corrected chi connectivity index (χ4v) is 3.71. The van der Waals surface area contributed by atoms with Crippen LogP contribution in [0.5, 0.6) is 0 Å². The summed E-state index contributed by atoms with van der Waals surface area (Å²) >= 11 is 0. The molecule has 2 aromatic heterocycles. The molecule has 1 N–H and O–H groups in total. The highest BCUT2D eigenvalue weighted by molar-refractivity contribution is 5.96. The van der Waals surface area contributed by atoms with Crippen molar-refractivity contribution < 1.29 is 9.32 Å². The number of hydrogen-bond donors (Lipinski definition) is 1. The van der Waals surface area contributed by atoms with Crippen molar-refractivity contribution in [2.45, 2.75) is 32.7 Å². The maximum absolute atomic E-state index is 12.7. The van der Waals surface area contributed by atoms with Gasteiger partial charge in [0.05, 0.1) is 16.7 Å². The number of fused-ring (bicyclic) bond motifs is 1. The summed E-state index contributed by atoms with van der Waals surface area (Å²) in [6.07, 6.45) is 1.49. The Morgan fingerprint density at radius 1 is 1.24 bits per heavy atom. The number of hydrogen-bond acceptors (Lipinski definition) is 4. The van der Waals surface area contributed by atoms with Crippen LogP contribution in [0.4, 0.5) is 0 Å². The molecule has 1 aromatic carbocycles. The molecule has 1 saturated heterocycles. The molecule has 130 valence electrons. The van der Waals surface area contributed by atoms with Crippen LogP contribution < -0.4 is 5.69 Å². The number of aromatic nitrogens is 3. The number of para-hydroxylation sites is 2. The Labute approximate surface area is 144 Å². The van der Waals surface area contributed by atoms with Crippen molar-refractivity contribution in [3.05, 3.63) is 51.8 Å². The number of piperidine rings is 1. The van der Waals surface area contributed by atoms with Gasteiger partial charge >= 0.3 is 5.69 Å². The molecule has 7 nitrogen and oxygen atoms in total. The number of nitrogens with one attached hydrogen (secondary N) is 1. The summed E-state index contributed by atoms with van der Waals surface area (Å²) in [4.78, 5) is 29.8. The van der Waals surface area contributed by atoms with Gasteiger partial charge in [0.2, 0.25) is 0 Å². The van der Waals surface area contributed by atoms with Crippen molar-refractivity contribution in [3.8, 4) is 0 Å². The Balaban J connectivity index is 1.54. The topological polar surface area (TPSA) is 84.1 Å². The zero-order valence-corrected chi connectivity index (χ0v) is 14.3. The van der Waals surface area contributed by atoms with Crippen LogP contribution in [-0.4, -0.2) is 38.6 Å². The molecule has 1 aliphatic heterocycles. The SMILES string of the molecule is Cc1noc(C)c1C(=O)N1CCC(n2c(=O)[nH]c3ccccc32)CC1. The highest BCUT2D eigenvalue weighted by Crippen LogP contribution is 2.26. The summed E-state index contributed by atoms with van der Waals surface area (Å²) in [6.45, 7) is 4.76. The summed E-state index contributed by atoms with van der Waals surface area (Å²) in [5, 5.41) is 3.86. The number of imidazole rings is 1. The smallest absolute Gasteiger partial charge is 0.326 e. The van der Waals surface area contributed by atoms with E-state index in [2.05, 4.69) is 10.1 Å². The molecule has 0 saturated carbocycles. The average molecular weight is 340 g/mol. The van der Waals surface area contributed by atoms with Gasteiger partial charge in [0.15, 0.2) is 0 Å². The van der Waals surface area contributed by atoms with E-state index in [1.165, 1.54) is 0 Å². The summed E-state index contributed by atoms with van der Waals surface area (Å²) in [6, 6.07) is 7.80. The molecule has 0 radical (unpaired) electrons. The molecule has 3 aromatic rings. The second kappa shape index (κ2) is 5.91. The Bertz CT molecular complexity index is 970. The van der Waals surface area contributed by atoms with Crippen molar-refractivity contribution in [1.29, 1.82) is 0 Å². The lowest BCUT2D eigenvalue weighted by atomic mass is 10.0. The Morgan fingerprint density at radius 2 is 1.96 bits per heavy atom. The van der Waals surface area contributed by atoms with Crippen LogP contribution in [0.1, 0.15) is 40.7 Å². The Kier molecular flexibility index (Phi) is 3.71. The van der Waals surface area contributed by atoms with Gasteiger partial charge < -0.3 is 14.4 Å². The van der Waals surface area contributed by atoms with Crippen molar-refractivity contribution in [3.63, 3.8) is 0 Å². The summed E-state index contributed by atoms with van der Waals surface area (Å²) < 4.78 is 6.93. The molecular weight excluding hydrogens is 320 g/mol. The number of aromatic amines is 1. The van der Waals surface area contributed by atoms with Crippen LogP contribution in [0.2, 0.25) is 0 Å². The Morgan fingerprint density at radius 3 is 2.64 bits per heavy atom. The normalized spacial score (nSPS) is 15.8. The van der Waals surface area contributed by atoms with Crippen LogP contribution in [-0.2, 0) is 0 Å². The highest BCUT2D eigenvalue weighted by atomic mass is 16.5. The molecule has 0 atom stereocenters. The zero-order chi connectivity index (χ0) is 17.6. The highest BCUT2D eigenvalue weighted by Gasteiger charge is 2.29. The number of amides is 1. The fourth-order valence-electron chi connectivity index (χ4n) is 3.71. The van der Waals surface area contributed by atoms with Crippen molar-refractivity contribution in [2.24, 2.45) is 0 Å². The van der Waals surface area contributed by atoms with Gasteiger partial charge in [-0.25, -0.2) is 4.79 Å². The first-order valence-electron chi connectivity index (χ1n) is 8.47. The summed E-state index contributed by atoms with van der Waals surface area (Å²) in [5.74, 6) is 0.512. The standard InChI is InChI=1S/C18H20N4O3/c1-11-16(12(2)25-20-11)17(23)21-9-7-13(8-10-21)22-15-6-4-3-5-14(15)19-18(22)24/h3-6,13H,7-10H2,1-2H3,(H,19,24). The lowest BCUT2D eigenvalue weighted by Crippen LogP contribution is -2.40. The minimum absolute atomic E-state index is 0.0408. The predicted octanol–water partition coefficient (Wildman–Crippen LogP) is 2.41. The maximum atomic E-state index is 12.7. The molecule has 1 aliphatic rings. The number of H-pyrrole nitrogens is 1. The zero-order valence-electron chi connectivity index (χ0n) is 14.3. The van der Waals surface area contributed by atoms with Gasteiger partial charge in [0.1, 0.15) is 11.3 Å². The number of likely N-dealkylation sites (tertiary alicyclic amines) is 1. The van der Waals surface area contributed by atoms with E-state index >= 15 is 0 Å². The van der Waals surface area contributed by atoms with Gasteiger partial charge in [-0.05, 0) is 38.8 Å². The number of carbonyl (C=O) groups excluding carboxylic acids is 1. The third-order valence-electron chi connectivity index (χ3n) is 4.99. The maximum Gasteiger partial charge on any atom is 0.326 e. The third-order valence-corrected chi connectivity index (χ3v) is 4.99. The second-order valence-corrected chi connectivity index (χ2v) is 6.54. The van der Waals surface area contributed by atoms with Crippen LogP contribution in [0.25, 0.3) is 11.0 Å². The van der Waals surface area contributed by atoms with Crippen molar-refractivity contribution in [2.75, 3.05) is 13.1 Å². The van der Waals surface area contributed by atoms with Gasteiger partial charge in [-0.2, -0.15) is 0 Å². The van der Waals surface area contributed by atoms with E-state index in [4.69, 9.17) is 4.52 Å². The molecular formula is C18H20N4O3. The number of carbonyl (C=O) groups is 1. The van der Waals surface area contributed by atoms with E-state index in [-0.39, 0.29) is 17.6 Å². The van der Waals surface area contributed by atoms with Crippen LogP contribution >= 0.6 is 0 Å². The summed E-state index contributed by atoms with van der Waals surface area (Å²) in [7, 11) is 0. The molecule has 25 heavy (non-hydrogen) atoms. The minimum Gasteiger partial charge on any atom is -0.361 e. The van der Waals surface area contributed by atoms with Gasteiger partial charge in [-0.3, -0.25) is 9.36 Å². The molecule has 4 rings (SSSR count). The molecule has 7 heteroatoms. The van der Waals surface area contributed by atoms with Gasteiger partial charge in [-0.1, -0.05) is 17.3 Å². The van der Waals surface area contributed by atoms with Crippen molar-refractivity contribution >= 4 is 16.9 Å². The molecule has 0 spiro atoms. The van der Waals surface area contributed by atoms with E-state index in [0.717, 1.165) is 23.9 Å². The Hall–Kier alpha value is -2.83. The third kappa shape index (κ3) is 2.56. The molecule has 0 bridgehead atoms. The van der Waals surface area contributed by atoms with Crippen molar-refractivity contribution in [1.82, 2.24) is 19.6 Å². The fraction of sp³-hybridized carbons (Fsp3) is 0.389. The lowest BCUT2D eigenvalue weighted by Gasteiger charge is -2.32. The number of nitrogens with zero attached hydrogens (tertiary/aromatic N) is 3. The van der Waals surface area contributed by atoms with E-state index in [0.29, 0.717) is 30.1 Å². The molecule has 3 heterocycles. The predicted molar refractivity (Wildman–Crippen MR) is 92.7 cm³/mol. The minimum atomic E-state index is -0.0864. The second-order valence-electron chi connectivity index (χ2n) is 6.54. The van der Waals surface area contributed by atoms with Gasteiger partial charge in [0.25, 0.3) is 5.91 Å². The molecule has 0 unspecified atom stereocenters. The molecule has 0 aliphatic carbocycles. The van der Waals surface area contributed by atoms with Crippen LogP contribution in [0.3, 0.4) is 0 Å². The van der Waals surface area contributed by atoms with Gasteiger partial charge in [0, 0.05) is 19.1 Å². The first-order chi connectivity index (χ1) is 12.1. The van der Waals surface area contributed by atoms with E-state index in [9.17, 15) is 9.59 Å². The molecule has 1 amide bonds. The molecule has 1 fully saturated rings. The summed E-state index contributed by atoms with van der Waals surface area (Å²) in [5.41, 5.74) is 2.86.